The van der Waals surface area contributed by atoms with Crippen LogP contribution in [0.5, 0.6) is 5.75 Å². The lowest BCUT2D eigenvalue weighted by Gasteiger charge is -2.11. The van der Waals surface area contributed by atoms with Crippen molar-refractivity contribution in [2.75, 3.05) is 0 Å². The van der Waals surface area contributed by atoms with Crippen molar-refractivity contribution in [3.05, 3.63) is 63.9 Å². The van der Waals surface area contributed by atoms with Gasteiger partial charge in [0.1, 0.15) is 18.2 Å². The molecule has 0 radical (unpaired) electrons. The average molecular weight is 349 g/mol. The number of ether oxygens (including phenoxy) is 1. The van der Waals surface area contributed by atoms with Gasteiger partial charge in [0.25, 0.3) is 0 Å². The second-order valence-corrected chi connectivity index (χ2v) is 4.90. The van der Waals surface area contributed by atoms with E-state index in [0.29, 0.717) is 10.0 Å². The zero-order valence-corrected chi connectivity index (χ0v) is 11.6. The zero-order chi connectivity index (χ0) is 14.8. The van der Waals surface area contributed by atoms with Crippen molar-refractivity contribution in [1.82, 2.24) is 0 Å². The molecule has 0 unspecified atom stereocenters. The van der Waals surface area contributed by atoms with Crippen molar-refractivity contribution >= 4 is 15.9 Å². The quantitative estimate of drug-likeness (QED) is 0.694. The summed E-state index contributed by atoms with van der Waals surface area (Å²) in [7, 11) is 0. The summed E-state index contributed by atoms with van der Waals surface area (Å²) in [5.74, 6) is -0.296. The summed E-state index contributed by atoms with van der Waals surface area (Å²) in [6, 6.07) is 8.65. The maximum absolute atomic E-state index is 12.9. The number of rotatable bonds is 3. The molecule has 0 fully saturated rings. The minimum atomic E-state index is -4.41. The van der Waals surface area contributed by atoms with Crippen LogP contribution in [-0.4, -0.2) is 0 Å². The van der Waals surface area contributed by atoms with Crippen molar-refractivity contribution in [1.29, 1.82) is 0 Å². The summed E-state index contributed by atoms with van der Waals surface area (Å²) in [5.41, 5.74) is -0.128. The molecule has 6 heteroatoms. The first-order valence-electron chi connectivity index (χ1n) is 5.60. The molecule has 0 saturated carbocycles. The summed E-state index contributed by atoms with van der Waals surface area (Å²) in [6.45, 7) is 0.0438. The molecule has 2 aromatic rings. The van der Waals surface area contributed by atoms with Crippen LogP contribution < -0.4 is 4.74 Å². The van der Waals surface area contributed by atoms with Crippen molar-refractivity contribution in [2.24, 2.45) is 0 Å². The normalized spacial score (nSPS) is 11.4. The largest absolute Gasteiger partial charge is 0.489 e. The SMILES string of the molecule is Fc1ccc(COc2cccc(C(F)(F)F)c2)c(Br)c1. The van der Waals surface area contributed by atoms with Gasteiger partial charge >= 0.3 is 6.18 Å². The molecule has 106 valence electrons. The maximum atomic E-state index is 12.9. The molecule has 20 heavy (non-hydrogen) atoms. The van der Waals surface area contributed by atoms with E-state index in [1.807, 2.05) is 0 Å². The number of halogens is 5. The Balaban J connectivity index is 2.11. The third-order valence-corrected chi connectivity index (χ3v) is 3.31. The number of alkyl halides is 3. The fourth-order valence-corrected chi connectivity index (χ4v) is 2.03. The van der Waals surface area contributed by atoms with Gasteiger partial charge in [-0.05, 0) is 30.3 Å². The van der Waals surface area contributed by atoms with Gasteiger partial charge in [0.15, 0.2) is 0 Å². The van der Waals surface area contributed by atoms with E-state index < -0.39 is 17.6 Å². The van der Waals surface area contributed by atoms with Gasteiger partial charge in [-0.2, -0.15) is 13.2 Å². The van der Waals surface area contributed by atoms with Crippen molar-refractivity contribution < 1.29 is 22.3 Å². The standard InChI is InChI=1S/C14H9BrF4O/c15-13-7-11(16)5-4-9(13)8-20-12-3-1-2-10(6-12)14(17,18)19/h1-7H,8H2. The first-order valence-corrected chi connectivity index (χ1v) is 6.39. The molecule has 0 spiro atoms. The summed E-state index contributed by atoms with van der Waals surface area (Å²) in [6.07, 6.45) is -4.41. The van der Waals surface area contributed by atoms with Crippen LogP contribution in [0.4, 0.5) is 17.6 Å². The summed E-state index contributed by atoms with van der Waals surface area (Å²) >= 11 is 3.17. The number of hydrogen-bond acceptors (Lipinski definition) is 1. The molecule has 0 bridgehead atoms. The molecule has 0 aliphatic heterocycles. The van der Waals surface area contributed by atoms with Gasteiger partial charge in [-0.1, -0.05) is 28.1 Å². The Labute approximate surface area is 121 Å². The highest BCUT2D eigenvalue weighted by atomic mass is 79.9. The Hall–Kier alpha value is -1.56. The van der Waals surface area contributed by atoms with Crippen molar-refractivity contribution in [2.45, 2.75) is 12.8 Å². The predicted octanol–water partition coefficient (Wildman–Crippen LogP) is 5.19. The third kappa shape index (κ3) is 3.72. The van der Waals surface area contributed by atoms with Gasteiger partial charge in [-0.3, -0.25) is 0 Å². The summed E-state index contributed by atoms with van der Waals surface area (Å²) in [4.78, 5) is 0. The predicted molar refractivity (Wildman–Crippen MR) is 69.9 cm³/mol. The Morgan fingerprint density at radius 2 is 1.80 bits per heavy atom. The Morgan fingerprint density at radius 3 is 2.45 bits per heavy atom. The van der Waals surface area contributed by atoms with Crippen LogP contribution in [0.1, 0.15) is 11.1 Å². The number of hydrogen-bond donors (Lipinski definition) is 0. The highest BCUT2D eigenvalue weighted by Crippen LogP contribution is 2.31. The molecule has 0 atom stereocenters. The van der Waals surface area contributed by atoms with Crippen molar-refractivity contribution in [3.8, 4) is 5.75 Å². The fraction of sp³-hybridized carbons (Fsp3) is 0.143. The van der Waals surface area contributed by atoms with E-state index in [9.17, 15) is 17.6 Å². The second-order valence-electron chi connectivity index (χ2n) is 4.05. The van der Waals surface area contributed by atoms with Crippen molar-refractivity contribution in [3.63, 3.8) is 0 Å². The first-order chi connectivity index (χ1) is 9.36. The zero-order valence-electron chi connectivity index (χ0n) is 10.0. The van der Waals surface area contributed by atoms with Crippen LogP contribution in [0.3, 0.4) is 0 Å². The van der Waals surface area contributed by atoms with E-state index in [1.165, 1.54) is 30.3 Å². The summed E-state index contributed by atoms with van der Waals surface area (Å²) in [5, 5.41) is 0. The molecule has 0 saturated heterocycles. The van der Waals surface area contributed by atoms with Gasteiger partial charge < -0.3 is 4.74 Å². The Morgan fingerprint density at radius 1 is 1.05 bits per heavy atom. The lowest BCUT2D eigenvalue weighted by molar-refractivity contribution is -0.137. The topological polar surface area (TPSA) is 9.23 Å². The van der Waals surface area contributed by atoms with Crippen LogP contribution in [0, 0.1) is 5.82 Å². The van der Waals surface area contributed by atoms with Gasteiger partial charge in [0.05, 0.1) is 5.56 Å². The van der Waals surface area contributed by atoms with E-state index in [2.05, 4.69) is 15.9 Å². The molecule has 0 aliphatic carbocycles. The molecular weight excluding hydrogens is 340 g/mol. The van der Waals surface area contributed by atoms with E-state index in [-0.39, 0.29) is 12.4 Å². The molecule has 0 aliphatic rings. The highest BCUT2D eigenvalue weighted by molar-refractivity contribution is 9.10. The van der Waals surface area contributed by atoms with E-state index in [0.717, 1.165) is 12.1 Å². The minimum absolute atomic E-state index is 0.0438. The maximum Gasteiger partial charge on any atom is 0.416 e. The molecule has 1 nitrogen and oxygen atoms in total. The molecule has 0 aromatic heterocycles. The van der Waals surface area contributed by atoms with Crippen LogP contribution in [0.15, 0.2) is 46.9 Å². The van der Waals surface area contributed by atoms with Crippen LogP contribution >= 0.6 is 15.9 Å². The lowest BCUT2D eigenvalue weighted by atomic mass is 10.2. The lowest BCUT2D eigenvalue weighted by Crippen LogP contribution is -2.05. The second kappa shape index (κ2) is 5.83. The van der Waals surface area contributed by atoms with Crippen LogP contribution in [-0.2, 0) is 12.8 Å². The molecule has 0 amide bonds. The molecular formula is C14H9BrF4O. The molecule has 0 heterocycles. The van der Waals surface area contributed by atoms with E-state index in [1.54, 1.807) is 0 Å². The molecule has 2 rings (SSSR count). The van der Waals surface area contributed by atoms with Gasteiger partial charge in [-0.25, -0.2) is 4.39 Å². The third-order valence-electron chi connectivity index (χ3n) is 2.57. The van der Waals surface area contributed by atoms with Gasteiger partial charge in [-0.15, -0.1) is 0 Å². The van der Waals surface area contributed by atoms with Gasteiger partial charge in [0, 0.05) is 10.0 Å². The fourth-order valence-electron chi connectivity index (χ4n) is 1.56. The highest BCUT2D eigenvalue weighted by Gasteiger charge is 2.30. The minimum Gasteiger partial charge on any atom is -0.489 e. The van der Waals surface area contributed by atoms with E-state index in [4.69, 9.17) is 4.74 Å². The Bertz CT molecular complexity index is 610. The monoisotopic (exact) mass is 348 g/mol. The summed E-state index contributed by atoms with van der Waals surface area (Å²) < 4.78 is 56.3. The van der Waals surface area contributed by atoms with Gasteiger partial charge in [0.2, 0.25) is 0 Å². The van der Waals surface area contributed by atoms with Crippen LogP contribution in [0.2, 0.25) is 0 Å². The molecule has 0 N–H and O–H groups in total. The first kappa shape index (κ1) is 14.8. The van der Waals surface area contributed by atoms with E-state index >= 15 is 0 Å². The Kier molecular flexibility index (Phi) is 4.32. The average Bonchev–Trinajstić information content (AvgIpc) is 2.37. The molecule has 2 aromatic carbocycles. The van der Waals surface area contributed by atoms with Crippen LogP contribution in [0.25, 0.3) is 0 Å². The number of benzene rings is 2. The smallest absolute Gasteiger partial charge is 0.416 e.